The Bertz CT molecular complexity index is 1330. The van der Waals surface area contributed by atoms with E-state index in [1.54, 1.807) is 43.4 Å². The molecule has 0 aliphatic heterocycles. The number of amides is 3. The van der Waals surface area contributed by atoms with E-state index in [1.165, 1.54) is 23.1 Å². The maximum absolute atomic E-state index is 13.7. The number of aryl methyl sites for hydroxylation is 1. The molecule has 1 atom stereocenters. The van der Waals surface area contributed by atoms with Crippen LogP contribution in [-0.4, -0.2) is 55.1 Å². The van der Waals surface area contributed by atoms with E-state index < -0.39 is 23.8 Å². The second-order valence-corrected chi connectivity index (χ2v) is 11.0. The molecule has 0 bridgehead atoms. The smallest absolute Gasteiger partial charge is 0.418 e. The Morgan fingerprint density at radius 3 is 2.34 bits per heavy atom. The van der Waals surface area contributed by atoms with Crippen LogP contribution < -0.4 is 14.8 Å². The molecule has 41 heavy (non-hydrogen) atoms. The number of para-hydroxylation sites is 1. The molecule has 0 aliphatic rings. The van der Waals surface area contributed by atoms with Gasteiger partial charge in [0.15, 0.2) is 11.5 Å². The molecule has 0 spiro atoms. The van der Waals surface area contributed by atoms with Gasteiger partial charge in [0.1, 0.15) is 6.54 Å². The highest BCUT2D eigenvalue weighted by Gasteiger charge is 2.34. The molecule has 1 unspecified atom stereocenters. The van der Waals surface area contributed by atoms with Crippen molar-refractivity contribution in [3.63, 3.8) is 0 Å². The summed E-state index contributed by atoms with van der Waals surface area (Å²) in [6, 6.07) is 13.1. The van der Waals surface area contributed by atoms with Gasteiger partial charge in [-0.15, -0.1) is 11.3 Å². The molecule has 222 valence electrons. The number of thiophene rings is 1. The zero-order valence-electron chi connectivity index (χ0n) is 23.9. The van der Waals surface area contributed by atoms with Gasteiger partial charge in [0.2, 0.25) is 5.91 Å². The van der Waals surface area contributed by atoms with E-state index in [4.69, 9.17) is 9.47 Å². The maximum Gasteiger partial charge on any atom is 0.418 e. The first-order valence-electron chi connectivity index (χ1n) is 13.2. The Morgan fingerprint density at radius 1 is 1.02 bits per heavy atom. The average Bonchev–Trinajstić information content (AvgIpc) is 3.37. The molecule has 3 rings (SSSR count). The second kappa shape index (κ2) is 14.2. The largest absolute Gasteiger partial charge is 0.493 e. The van der Waals surface area contributed by atoms with Gasteiger partial charge in [-0.2, -0.15) is 13.2 Å². The predicted octanol–water partition coefficient (Wildman–Crippen LogP) is 7.00. The first-order valence-corrected chi connectivity index (χ1v) is 14.1. The van der Waals surface area contributed by atoms with Crippen molar-refractivity contribution in [2.75, 3.05) is 32.6 Å². The quantitative estimate of drug-likeness (QED) is 0.246. The van der Waals surface area contributed by atoms with Crippen molar-refractivity contribution in [2.45, 2.75) is 52.4 Å². The van der Waals surface area contributed by atoms with E-state index >= 15 is 0 Å². The van der Waals surface area contributed by atoms with Crippen molar-refractivity contribution < 1.29 is 32.2 Å². The fourth-order valence-electron chi connectivity index (χ4n) is 4.27. The Balaban J connectivity index is 1.82. The molecule has 0 radical (unpaired) electrons. The van der Waals surface area contributed by atoms with Gasteiger partial charge in [0.05, 0.1) is 32.0 Å². The molecule has 3 amide bonds. The summed E-state index contributed by atoms with van der Waals surface area (Å²) in [5.74, 6) is 0.868. The lowest BCUT2D eigenvalue weighted by atomic mass is 10.1. The number of benzene rings is 2. The zero-order valence-corrected chi connectivity index (χ0v) is 24.7. The van der Waals surface area contributed by atoms with Crippen LogP contribution in [0.2, 0.25) is 0 Å². The number of hydrogen-bond acceptors (Lipinski definition) is 5. The highest BCUT2D eigenvalue weighted by atomic mass is 32.1. The molecule has 1 heterocycles. The van der Waals surface area contributed by atoms with Gasteiger partial charge in [-0.25, -0.2) is 4.79 Å². The monoisotopic (exact) mass is 591 g/mol. The zero-order chi connectivity index (χ0) is 30.2. The number of urea groups is 1. The Labute approximate surface area is 242 Å². The van der Waals surface area contributed by atoms with E-state index in [1.807, 2.05) is 38.1 Å². The number of carbonyl (C=O) groups excluding carboxylic acids is 2. The second-order valence-electron chi connectivity index (χ2n) is 9.63. The summed E-state index contributed by atoms with van der Waals surface area (Å²) < 4.78 is 51.3. The third kappa shape index (κ3) is 8.63. The van der Waals surface area contributed by atoms with Crippen LogP contribution in [0.1, 0.15) is 41.1 Å². The number of nitrogens with one attached hydrogen (secondary N) is 1. The van der Waals surface area contributed by atoms with Gasteiger partial charge < -0.3 is 24.6 Å². The van der Waals surface area contributed by atoms with E-state index in [0.717, 1.165) is 21.4 Å². The van der Waals surface area contributed by atoms with Crippen LogP contribution in [-0.2, 0) is 23.9 Å². The molecule has 7 nitrogen and oxygen atoms in total. The number of ether oxygens (including phenoxy) is 2. The van der Waals surface area contributed by atoms with Crippen LogP contribution in [0, 0.1) is 6.92 Å². The highest BCUT2D eigenvalue weighted by Crippen LogP contribution is 2.35. The maximum atomic E-state index is 13.7. The summed E-state index contributed by atoms with van der Waals surface area (Å²) in [6.45, 7) is 6.01. The minimum atomic E-state index is -4.64. The van der Waals surface area contributed by atoms with Gasteiger partial charge in [-0.05, 0) is 68.7 Å². The molecular formula is C30H36F3N3O4S. The predicted molar refractivity (Wildman–Crippen MR) is 155 cm³/mol. The average molecular weight is 592 g/mol. The third-order valence-electron chi connectivity index (χ3n) is 6.78. The molecule has 1 N–H and O–H groups in total. The minimum absolute atomic E-state index is 0.286. The SMILES string of the molecule is CCC(C)N(CC(=O)N(CCc1ccc(OC)c(OC)c1)Cc1ccc(C)s1)C(=O)Nc1ccccc1C(F)(F)F. The van der Waals surface area contributed by atoms with Gasteiger partial charge in [0.25, 0.3) is 0 Å². The van der Waals surface area contributed by atoms with Crippen LogP contribution in [0.4, 0.5) is 23.7 Å². The Hall–Kier alpha value is -3.73. The van der Waals surface area contributed by atoms with Gasteiger partial charge in [-0.1, -0.05) is 25.1 Å². The fraction of sp³-hybridized carbons (Fsp3) is 0.400. The number of carbonyl (C=O) groups is 2. The molecule has 0 fully saturated rings. The van der Waals surface area contributed by atoms with Crippen LogP contribution in [0.3, 0.4) is 0 Å². The summed E-state index contributed by atoms with van der Waals surface area (Å²) in [6.07, 6.45) is -3.61. The summed E-state index contributed by atoms with van der Waals surface area (Å²) in [5.41, 5.74) is -0.374. The van der Waals surface area contributed by atoms with Crippen molar-refractivity contribution in [1.82, 2.24) is 9.80 Å². The van der Waals surface area contributed by atoms with E-state index in [0.29, 0.717) is 37.4 Å². The molecule has 2 aromatic carbocycles. The van der Waals surface area contributed by atoms with Gasteiger partial charge in [-0.3, -0.25) is 4.79 Å². The van der Waals surface area contributed by atoms with Crippen molar-refractivity contribution in [3.05, 3.63) is 75.5 Å². The van der Waals surface area contributed by atoms with E-state index in [2.05, 4.69) is 5.32 Å². The van der Waals surface area contributed by atoms with Crippen LogP contribution in [0.5, 0.6) is 11.5 Å². The fourth-order valence-corrected chi connectivity index (χ4v) is 5.18. The van der Waals surface area contributed by atoms with Gasteiger partial charge >= 0.3 is 12.2 Å². The number of methoxy groups -OCH3 is 2. The molecular weight excluding hydrogens is 555 g/mol. The van der Waals surface area contributed by atoms with Gasteiger partial charge in [0, 0.05) is 22.3 Å². The number of alkyl halides is 3. The molecule has 1 aromatic heterocycles. The lowest BCUT2D eigenvalue weighted by Gasteiger charge is -2.31. The Kier molecular flexibility index (Phi) is 11.0. The van der Waals surface area contributed by atoms with E-state index in [9.17, 15) is 22.8 Å². The summed E-state index contributed by atoms with van der Waals surface area (Å²) in [5, 5.41) is 2.38. The van der Waals surface area contributed by atoms with E-state index in [-0.39, 0.29) is 18.1 Å². The summed E-state index contributed by atoms with van der Waals surface area (Å²) >= 11 is 1.58. The molecule has 11 heteroatoms. The standard InChI is InChI=1S/C30H36F3N3O4S/c1-6-20(2)36(29(38)34-25-10-8-7-9-24(25)30(31,32)33)19-28(37)35(18-23-13-11-21(3)41-23)16-15-22-12-14-26(39-4)27(17-22)40-5/h7-14,17,20H,6,15-16,18-19H2,1-5H3,(H,34,38). The highest BCUT2D eigenvalue weighted by molar-refractivity contribution is 7.11. The first-order chi connectivity index (χ1) is 19.5. The minimum Gasteiger partial charge on any atom is -0.493 e. The van der Waals surface area contributed by atoms with Crippen LogP contribution in [0.15, 0.2) is 54.6 Å². The van der Waals surface area contributed by atoms with Crippen molar-refractivity contribution in [3.8, 4) is 11.5 Å². The first kappa shape index (κ1) is 31.8. The van der Waals surface area contributed by atoms with Crippen molar-refractivity contribution >= 4 is 29.0 Å². The lowest BCUT2D eigenvalue weighted by molar-refractivity contribution is -0.137. The number of nitrogens with zero attached hydrogens (tertiary/aromatic N) is 2. The summed E-state index contributed by atoms with van der Waals surface area (Å²) in [7, 11) is 3.11. The molecule has 0 aliphatic carbocycles. The normalized spacial score (nSPS) is 12.0. The van der Waals surface area contributed by atoms with Crippen LogP contribution in [0.25, 0.3) is 0 Å². The van der Waals surface area contributed by atoms with Crippen LogP contribution >= 0.6 is 11.3 Å². The molecule has 0 saturated heterocycles. The van der Waals surface area contributed by atoms with Crippen molar-refractivity contribution in [2.24, 2.45) is 0 Å². The Morgan fingerprint density at radius 2 is 1.73 bits per heavy atom. The third-order valence-corrected chi connectivity index (χ3v) is 7.76. The topological polar surface area (TPSA) is 71.1 Å². The molecule has 3 aromatic rings. The summed E-state index contributed by atoms with van der Waals surface area (Å²) in [4.78, 5) is 32.0. The number of halogens is 3. The number of anilines is 1. The molecule has 0 saturated carbocycles. The number of rotatable bonds is 12. The van der Waals surface area contributed by atoms with Crippen molar-refractivity contribution in [1.29, 1.82) is 0 Å². The number of hydrogen-bond donors (Lipinski definition) is 1. The lowest BCUT2D eigenvalue weighted by Crippen LogP contribution is -2.48.